The van der Waals surface area contributed by atoms with Gasteiger partial charge in [0.15, 0.2) is 0 Å². The monoisotopic (exact) mass is 469 g/mol. The minimum Gasteiger partial charge on any atom is -0.0776 e. The van der Waals surface area contributed by atoms with Crippen LogP contribution in [0.1, 0.15) is 179 Å². The van der Waals surface area contributed by atoms with E-state index >= 15 is 0 Å². The number of rotatable bonds is 6. The van der Waals surface area contributed by atoms with Gasteiger partial charge >= 0.3 is 0 Å². The van der Waals surface area contributed by atoms with Crippen LogP contribution in [-0.4, -0.2) is 0 Å². The third-order valence-corrected chi connectivity index (χ3v) is 9.28. The van der Waals surface area contributed by atoms with E-state index in [9.17, 15) is 0 Å². The van der Waals surface area contributed by atoms with Crippen LogP contribution in [0.3, 0.4) is 0 Å². The van der Waals surface area contributed by atoms with Crippen molar-refractivity contribution >= 4 is 0 Å². The van der Waals surface area contributed by atoms with E-state index in [4.69, 9.17) is 0 Å². The largest absolute Gasteiger partial charge is 0.0776 e. The molecule has 0 heterocycles. The molecule has 204 valence electrons. The molecule has 3 aliphatic rings. The van der Waals surface area contributed by atoms with Crippen molar-refractivity contribution in [2.24, 2.45) is 35.5 Å². The summed E-state index contributed by atoms with van der Waals surface area (Å²) in [5.74, 6) is 6.42. The van der Waals surface area contributed by atoms with Crippen LogP contribution in [0.4, 0.5) is 0 Å². The first-order chi connectivity index (χ1) is 14.6. The van der Waals surface area contributed by atoms with Gasteiger partial charge in [-0.05, 0) is 41.9 Å². The Morgan fingerprint density at radius 2 is 0.697 bits per heavy atom. The summed E-state index contributed by atoms with van der Waals surface area (Å²) < 4.78 is 0. The molecule has 4 atom stereocenters. The number of hydrogen-bond donors (Lipinski definition) is 0. The smallest absolute Gasteiger partial charge is 0.0389 e. The Bertz CT molecular complexity index is 330. The maximum Gasteiger partial charge on any atom is -0.0389 e. The molecule has 0 aromatic heterocycles. The van der Waals surface area contributed by atoms with Gasteiger partial charge in [0.25, 0.3) is 0 Å². The molecule has 0 heteroatoms. The van der Waals surface area contributed by atoms with Crippen LogP contribution in [0.15, 0.2) is 0 Å². The zero-order chi connectivity index (χ0) is 22.2. The molecule has 3 saturated carbocycles. The fourth-order valence-electron chi connectivity index (χ4n) is 6.55. The molecule has 0 N–H and O–H groups in total. The molecular weight excluding hydrogens is 396 g/mol. The second-order valence-corrected chi connectivity index (χ2v) is 11.0. The first-order valence-electron chi connectivity index (χ1n) is 14.6. The van der Waals surface area contributed by atoms with Gasteiger partial charge in [0, 0.05) is 0 Å². The molecule has 0 aromatic carbocycles. The van der Waals surface area contributed by atoms with E-state index in [1.54, 1.807) is 0 Å². The van der Waals surface area contributed by atoms with Crippen LogP contribution in [0, 0.1) is 35.5 Å². The van der Waals surface area contributed by atoms with E-state index < -0.39 is 0 Å². The summed E-state index contributed by atoms with van der Waals surface area (Å²) in [6.45, 7) is 14.0. The summed E-state index contributed by atoms with van der Waals surface area (Å²) in [6, 6.07) is 0. The van der Waals surface area contributed by atoms with Crippen LogP contribution < -0.4 is 0 Å². The highest BCUT2D eigenvalue weighted by Gasteiger charge is 2.21. The van der Waals surface area contributed by atoms with Crippen LogP contribution >= 0.6 is 0 Å². The third kappa shape index (κ3) is 15.6. The highest BCUT2D eigenvalue weighted by Crippen LogP contribution is 2.34. The predicted molar refractivity (Wildman–Crippen MR) is 158 cm³/mol. The molecule has 0 nitrogen and oxygen atoms in total. The standard InChI is InChI=1S/3C10H20.3CH4/c1-3-9-5-7-10(4-2)8-6-9;1-3-9-6-5-7-10(4-2)8-9;1-3-9-7-5-6-8-10(9)4-2;;;/h3*9-10H,3-8H2,1-2H3;3*1H4. The van der Waals surface area contributed by atoms with Gasteiger partial charge in [-0.2, -0.15) is 0 Å². The minimum absolute atomic E-state index is 0. The summed E-state index contributed by atoms with van der Waals surface area (Å²) >= 11 is 0. The van der Waals surface area contributed by atoms with E-state index in [0.717, 1.165) is 35.5 Å². The Balaban J connectivity index is -0.000000391. The van der Waals surface area contributed by atoms with Crippen LogP contribution in [0.2, 0.25) is 0 Å². The first kappa shape index (κ1) is 37.5. The Hall–Kier alpha value is 0. The first-order valence-corrected chi connectivity index (χ1v) is 14.6. The topological polar surface area (TPSA) is 0 Å². The van der Waals surface area contributed by atoms with Gasteiger partial charge in [-0.1, -0.05) is 173 Å². The van der Waals surface area contributed by atoms with Crippen molar-refractivity contribution in [1.29, 1.82) is 0 Å². The van der Waals surface area contributed by atoms with Crippen molar-refractivity contribution in [2.75, 3.05) is 0 Å². The van der Waals surface area contributed by atoms with Crippen molar-refractivity contribution in [3.8, 4) is 0 Å². The Kier molecular flexibility index (Phi) is 27.0. The van der Waals surface area contributed by atoms with E-state index in [1.165, 1.54) is 116 Å². The van der Waals surface area contributed by atoms with Crippen molar-refractivity contribution in [2.45, 2.75) is 179 Å². The van der Waals surface area contributed by atoms with Gasteiger partial charge in [0.1, 0.15) is 0 Å². The molecule has 3 aliphatic carbocycles. The summed E-state index contributed by atoms with van der Waals surface area (Å²) in [6.07, 6.45) is 26.6. The Morgan fingerprint density at radius 1 is 0.364 bits per heavy atom. The minimum atomic E-state index is 0. The molecule has 0 radical (unpaired) electrons. The van der Waals surface area contributed by atoms with Crippen LogP contribution in [0.5, 0.6) is 0 Å². The van der Waals surface area contributed by atoms with Gasteiger partial charge in [-0.25, -0.2) is 0 Å². The molecular formula is C33H72. The molecule has 4 unspecified atom stereocenters. The van der Waals surface area contributed by atoms with Crippen molar-refractivity contribution in [3.63, 3.8) is 0 Å². The van der Waals surface area contributed by atoms with E-state index in [0.29, 0.717) is 0 Å². The van der Waals surface area contributed by atoms with Crippen molar-refractivity contribution < 1.29 is 0 Å². The average Bonchev–Trinajstić information content (AvgIpc) is 2.84. The van der Waals surface area contributed by atoms with E-state index in [1.807, 2.05) is 0 Å². The maximum absolute atomic E-state index is 2.35. The zero-order valence-electron chi connectivity index (χ0n) is 22.2. The third-order valence-electron chi connectivity index (χ3n) is 9.28. The molecule has 33 heavy (non-hydrogen) atoms. The molecule has 3 fully saturated rings. The fourth-order valence-corrected chi connectivity index (χ4v) is 6.55. The van der Waals surface area contributed by atoms with E-state index in [2.05, 4.69) is 41.5 Å². The predicted octanol–water partition coefficient (Wildman–Crippen LogP) is 12.7. The Labute approximate surface area is 214 Å². The molecule has 3 rings (SSSR count). The average molecular weight is 469 g/mol. The second-order valence-electron chi connectivity index (χ2n) is 11.0. The lowest BCUT2D eigenvalue weighted by atomic mass is 9.77. The van der Waals surface area contributed by atoms with Crippen LogP contribution in [0.25, 0.3) is 0 Å². The summed E-state index contributed by atoms with van der Waals surface area (Å²) in [7, 11) is 0. The van der Waals surface area contributed by atoms with Crippen molar-refractivity contribution in [1.82, 2.24) is 0 Å². The van der Waals surface area contributed by atoms with Crippen LogP contribution in [-0.2, 0) is 0 Å². The molecule has 0 aliphatic heterocycles. The lowest BCUT2D eigenvalue weighted by molar-refractivity contribution is 0.224. The number of hydrogen-bond acceptors (Lipinski definition) is 0. The highest BCUT2D eigenvalue weighted by atomic mass is 14.3. The van der Waals surface area contributed by atoms with E-state index in [-0.39, 0.29) is 22.3 Å². The fraction of sp³-hybridized carbons (Fsp3) is 1.00. The molecule has 0 spiro atoms. The maximum atomic E-state index is 2.35. The molecule has 0 saturated heterocycles. The molecule has 0 amide bonds. The quantitative estimate of drug-likeness (QED) is 0.363. The van der Waals surface area contributed by atoms with Gasteiger partial charge in [-0.3, -0.25) is 0 Å². The SMILES string of the molecule is C.C.C.CCC1CCC(CC)CC1.CCC1CCCC(CC)C1.CCC1CCCCC1CC. The molecule has 0 bridgehead atoms. The highest BCUT2D eigenvalue weighted by molar-refractivity contribution is 4.73. The summed E-state index contributed by atoms with van der Waals surface area (Å²) in [5.41, 5.74) is 0. The van der Waals surface area contributed by atoms with Gasteiger partial charge < -0.3 is 0 Å². The van der Waals surface area contributed by atoms with Crippen molar-refractivity contribution in [3.05, 3.63) is 0 Å². The lowest BCUT2D eigenvalue weighted by Crippen LogP contribution is -2.17. The zero-order valence-corrected chi connectivity index (χ0v) is 22.2. The Morgan fingerprint density at radius 3 is 0.970 bits per heavy atom. The van der Waals surface area contributed by atoms with Gasteiger partial charge in [0.2, 0.25) is 0 Å². The second kappa shape index (κ2) is 23.7. The summed E-state index contributed by atoms with van der Waals surface area (Å²) in [4.78, 5) is 0. The normalized spacial score (nSPS) is 31.1. The summed E-state index contributed by atoms with van der Waals surface area (Å²) in [5, 5.41) is 0. The van der Waals surface area contributed by atoms with Gasteiger partial charge in [0.05, 0.1) is 0 Å². The lowest BCUT2D eigenvalue weighted by Gasteiger charge is -2.29. The molecule has 0 aromatic rings. The van der Waals surface area contributed by atoms with Gasteiger partial charge in [-0.15, -0.1) is 0 Å².